The highest BCUT2D eigenvalue weighted by atomic mass is 35.5. The van der Waals surface area contributed by atoms with Crippen LogP contribution < -0.4 is 16.7 Å². The second kappa shape index (κ2) is 5.97. The zero-order valence-corrected chi connectivity index (χ0v) is 14.1. The summed E-state index contributed by atoms with van der Waals surface area (Å²) in [6.07, 6.45) is 1.60. The van der Waals surface area contributed by atoms with Gasteiger partial charge in [0.1, 0.15) is 0 Å². The van der Waals surface area contributed by atoms with Crippen molar-refractivity contribution >= 4 is 34.9 Å². The maximum Gasteiger partial charge on any atom is 0.332 e. The molecular formula is C15H15ClN6O2. The number of halogens is 1. The van der Waals surface area contributed by atoms with E-state index in [1.165, 1.54) is 11.6 Å². The van der Waals surface area contributed by atoms with Crippen LogP contribution in [-0.4, -0.2) is 24.9 Å². The van der Waals surface area contributed by atoms with Crippen molar-refractivity contribution < 1.29 is 0 Å². The van der Waals surface area contributed by atoms with Crippen LogP contribution in [0.25, 0.3) is 11.2 Å². The fourth-order valence-electron chi connectivity index (χ4n) is 2.33. The van der Waals surface area contributed by atoms with Gasteiger partial charge >= 0.3 is 5.69 Å². The first-order valence-electron chi connectivity index (χ1n) is 7.07. The lowest BCUT2D eigenvalue weighted by atomic mass is 10.2. The third-order valence-corrected chi connectivity index (χ3v) is 3.98. The molecule has 9 heteroatoms. The second-order valence-corrected chi connectivity index (χ2v) is 5.73. The Morgan fingerprint density at radius 3 is 2.42 bits per heavy atom. The first kappa shape index (κ1) is 16.0. The number of nitrogens with zero attached hydrogens (tertiary/aromatic N) is 5. The summed E-state index contributed by atoms with van der Waals surface area (Å²) < 4.78 is 3.94. The summed E-state index contributed by atoms with van der Waals surface area (Å²) >= 11 is 5.83. The van der Waals surface area contributed by atoms with Gasteiger partial charge < -0.3 is 4.57 Å². The summed E-state index contributed by atoms with van der Waals surface area (Å²) in [6.45, 7) is 0. The fourth-order valence-corrected chi connectivity index (χ4v) is 2.46. The van der Waals surface area contributed by atoms with E-state index in [4.69, 9.17) is 11.6 Å². The molecule has 0 radical (unpaired) electrons. The molecule has 0 amide bonds. The number of imidazole rings is 1. The van der Waals surface area contributed by atoms with Gasteiger partial charge in [0.05, 0.1) is 6.21 Å². The number of benzene rings is 1. The molecule has 0 atom stereocenters. The number of aryl methyl sites for hydroxylation is 2. The van der Waals surface area contributed by atoms with Crippen LogP contribution in [0.15, 0.2) is 39.0 Å². The van der Waals surface area contributed by atoms with Gasteiger partial charge in [-0.3, -0.25) is 13.9 Å². The van der Waals surface area contributed by atoms with Crippen LogP contribution in [0.4, 0.5) is 5.95 Å². The summed E-state index contributed by atoms with van der Waals surface area (Å²) in [4.78, 5) is 28.5. The Balaban J connectivity index is 1.99. The van der Waals surface area contributed by atoms with Crippen LogP contribution in [0.1, 0.15) is 5.56 Å². The van der Waals surface area contributed by atoms with Gasteiger partial charge in [0, 0.05) is 26.2 Å². The molecule has 0 fully saturated rings. The number of rotatable bonds is 3. The Morgan fingerprint density at radius 1 is 1.08 bits per heavy atom. The van der Waals surface area contributed by atoms with E-state index in [0.29, 0.717) is 22.1 Å². The van der Waals surface area contributed by atoms with Gasteiger partial charge in [-0.15, -0.1) is 0 Å². The molecule has 2 aromatic heterocycles. The first-order valence-corrected chi connectivity index (χ1v) is 7.45. The molecule has 124 valence electrons. The Morgan fingerprint density at radius 2 is 1.75 bits per heavy atom. The zero-order valence-electron chi connectivity index (χ0n) is 13.3. The molecule has 24 heavy (non-hydrogen) atoms. The Labute approximate surface area is 141 Å². The monoisotopic (exact) mass is 346 g/mol. The molecule has 0 saturated heterocycles. The number of aromatic nitrogens is 4. The summed E-state index contributed by atoms with van der Waals surface area (Å²) in [5.74, 6) is 0.355. The van der Waals surface area contributed by atoms with Crippen molar-refractivity contribution in [2.24, 2.45) is 26.2 Å². The highest BCUT2D eigenvalue weighted by Crippen LogP contribution is 2.13. The standard InChI is InChI=1S/C15H15ClN6O2/c1-20-11-12(21(2)15(24)22(3)13(11)23)18-14(20)19-17-8-9-4-6-10(16)7-5-9/h4-8H,1-3H3,(H,18,19)/b17-8+. The molecule has 0 saturated carbocycles. The van der Waals surface area contributed by atoms with Crippen molar-refractivity contribution in [3.05, 3.63) is 55.7 Å². The van der Waals surface area contributed by atoms with Gasteiger partial charge in [-0.25, -0.2) is 10.2 Å². The molecule has 2 heterocycles. The van der Waals surface area contributed by atoms with Crippen molar-refractivity contribution in [2.75, 3.05) is 5.43 Å². The van der Waals surface area contributed by atoms with Crippen molar-refractivity contribution in [2.45, 2.75) is 0 Å². The van der Waals surface area contributed by atoms with E-state index in [1.807, 2.05) is 12.1 Å². The lowest BCUT2D eigenvalue weighted by molar-refractivity contribution is 0.705. The topological polar surface area (TPSA) is 86.2 Å². The van der Waals surface area contributed by atoms with Crippen molar-refractivity contribution in [1.29, 1.82) is 0 Å². The first-order chi connectivity index (χ1) is 11.4. The normalized spacial score (nSPS) is 11.5. The Kier molecular flexibility index (Phi) is 3.98. The lowest BCUT2D eigenvalue weighted by Crippen LogP contribution is -2.37. The maximum absolute atomic E-state index is 12.3. The van der Waals surface area contributed by atoms with Crippen LogP contribution in [0.3, 0.4) is 0 Å². The molecular weight excluding hydrogens is 332 g/mol. The van der Waals surface area contributed by atoms with Gasteiger partial charge in [-0.05, 0) is 17.7 Å². The maximum atomic E-state index is 12.3. The van der Waals surface area contributed by atoms with Crippen LogP contribution in [0.2, 0.25) is 5.02 Å². The molecule has 0 spiro atoms. The zero-order chi connectivity index (χ0) is 17.4. The van der Waals surface area contributed by atoms with Crippen LogP contribution >= 0.6 is 11.6 Å². The predicted octanol–water partition coefficient (Wildman–Crippen LogP) is 1.07. The van der Waals surface area contributed by atoms with Crippen LogP contribution in [0, 0.1) is 0 Å². The lowest BCUT2D eigenvalue weighted by Gasteiger charge is -2.03. The minimum Gasteiger partial charge on any atom is -0.306 e. The van der Waals surface area contributed by atoms with Crippen molar-refractivity contribution in [3.63, 3.8) is 0 Å². The van der Waals surface area contributed by atoms with E-state index in [-0.39, 0.29) is 0 Å². The van der Waals surface area contributed by atoms with E-state index in [9.17, 15) is 9.59 Å². The SMILES string of the molecule is Cn1c(=O)c2c(nc(N/N=C/c3ccc(Cl)cc3)n2C)n(C)c1=O. The number of nitrogens with one attached hydrogen (secondary N) is 1. The van der Waals surface area contributed by atoms with Crippen molar-refractivity contribution in [3.8, 4) is 0 Å². The minimum atomic E-state index is -0.429. The number of hydrazone groups is 1. The molecule has 3 aromatic rings. The molecule has 0 unspecified atom stereocenters. The van der Waals surface area contributed by atoms with Gasteiger partial charge in [0.15, 0.2) is 11.2 Å². The summed E-state index contributed by atoms with van der Waals surface area (Å²) in [6, 6.07) is 7.17. The van der Waals surface area contributed by atoms with Crippen LogP contribution in [-0.2, 0) is 21.1 Å². The summed E-state index contributed by atoms with van der Waals surface area (Å²) in [5, 5.41) is 4.75. The highest BCUT2D eigenvalue weighted by molar-refractivity contribution is 6.30. The van der Waals surface area contributed by atoms with E-state index in [2.05, 4.69) is 15.5 Å². The average molecular weight is 347 g/mol. The van der Waals surface area contributed by atoms with E-state index in [0.717, 1.165) is 10.1 Å². The van der Waals surface area contributed by atoms with Gasteiger partial charge in [0.2, 0.25) is 5.95 Å². The third kappa shape index (κ3) is 2.61. The van der Waals surface area contributed by atoms with Crippen molar-refractivity contribution in [1.82, 2.24) is 18.7 Å². The largest absolute Gasteiger partial charge is 0.332 e. The van der Waals surface area contributed by atoms with Crippen LogP contribution in [0.5, 0.6) is 0 Å². The quantitative estimate of drug-likeness (QED) is 0.567. The Hall–Kier alpha value is -2.87. The third-order valence-electron chi connectivity index (χ3n) is 3.72. The fraction of sp³-hybridized carbons (Fsp3) is 0.200. The van der Waals surface area contributed by atoms with Gasteiger partial charge in [0.25, 0.3) is 5.56 Å². The van der Waals surface area contributed by atoms with Gasteiger partial charge in [-0.1, -0.05) is 23.7 Å². The predicted molar refractivity (Wildman–Crippen MR) is 93.9 cm³/mol. The molecule has 0 bridgehead atoms. The number of fused-ring (bicyclic) bond motifs is 1. The minimum absolute atomic E-state index is 0.301. The van der Waals surface area contributed by atoms with E-state index < -0.39 is 11.2 Å². The molecule has 8 nitrogen and oxygen atoms in total. The highest BCUT2D eigenvalue weighted by Gasteiger charge is 2.16. The second-order valence-electron chi connectivity index (χ2n) is 5.29. The van der Waals surface area contributed by atoms with E-state index in [1.54, 1.807) is 37.0 Å². The smallest absolute Gasteiger partial charge is 0.306 e. The average Bonchev–Trinajstić information content (AvgIpc) is 2.90. The summed E-state index contributed by atoms with van der Waals surface area (Å²) in [7, 11) is 4.68. The van der Waals surface area contributed by atoms with Gasteiger partial charge in [-0.2, -0.15) is 10.1 Å². The molecule has 1 aromatic carbocycles. The van der Waals surface area contributed by atoms with E-state index >= 15 is 0 Å². The molecule has 3 rings (SSSR count). The summed E-state index contributed by atoms with van der Waals surface area (Å²) in [5.41, 5.74) is 3.43. The number of hydrogen-bond donors (Lipinski definition) is 1. The molecule has 0 aliphatic rings. The number of hydrogen-bond acceptors (Lipinski definition) is 5. The molecule has 0 aliphatic heterocycles. The molecule has 0 aliphatic carbocycles. The Bertz CT molecular complexity index is 1060. The molecule has 1 N–H and O–H groups in total. The number of anilines is 1.